The van der Waals surface area contributed by atoms with Crippen molar-refractivity contribution in [2.75, 3.05) is 0 Å². The normalized spacial score (nSPS) is 13.8. The summed E-state index contributed by atoms with van der Waals surface area (Å²) in [4.78, 5) is 21.4. The Morgan fingerprint density at radius 2 is 2.25 bits per heavy atom. The van der Waals surface area contributed by atoms with E-state index in [1.54, 1.807) is 18.2 Å². The van der Waals surface area contributed by atoms with Gasteiger partial charge in [-0.2, -0.15) is 0 Å². The Bertz CT molecular complexity index is 358. The Labute approximate surface area is 69.4 Å². The number of fused-ring (bicyclic) bond motifs is 1. The molecule has 0 saturated carbocycles. The first-order chi connectivity index (χ1) is 5.81. The number of hydrogen-bond acceptors (Lipinski definition) is 2. The fourth-order valence-corrected chi connectivity index (χ4v) is 1.33. The van der Waals surface area contributed by atoms with Crippen LogP contribution < -0.4 is 5.32 Å². The average Bonchev–Trinajstić information content (AvgIpc) is 2.47. The topological polar surface area (TPSA) is 46.2 Å². The standard InChI is InChI=1S/C9H7NO2/c11-5-6-1-2-8-7(3-6)4-10-9(8)12/h1-3,5H,4H2,(H,10,12). The minimum Gasteiger partial charge on any atom is -0.348 e. The quantitative estimate of drug-likeness (QED) is 0.617. The van der Waals surface area contributed by atoms with Crippen LogP contribution in [0.25, 0.3) is 0 Å². The number of carbonyl (C=O) groups is 2. The van der Waals surface area contributed by atoms with Crippen molar-refractivity contribution in [3.8, 4) is 0 Å². The van der Waals surface area contributed by atoms with Crippen molar-refractivity contribution < 1.29 is 9.59 Å². The zero-order valence-corrected chi connectivity index (χ0v) is 6.33. The van der Waals surface area contributed by atoms with Crippen LogP contribution in [0.5, 0.6) is 0 Å². The third-order valence-corrected chi connectivity index (χ3v) is 1.95. The van der Waals surface area contributed by atoms with E-state index in [0.29, 0.717) is 17.7 Å². The lowest BCUT2D eigenvalue weighted by molar-refractivity contribution is 0.0965. The number of hydrogen-bond donors (Lipinski definition) is 1. The van der Waals surface area contributed by atoms with Crippen molar-refractivity contribution in [3.05, 3.63) is 34.9 Å². The summed E-state index contributed by atoms with van der Waals surface area (Å²) < 4.78 is 0. The van der Waals surface area contributed by atoms with E-state index in [0.717, 1.165) is 11.8 Å². The molecule has 1 heterocycles. The molecule has 3 heteroatoms. The van der Waals surface area contributed by atoms with Crippen molar-refractivity contribution >= 4 is 12.2 Å². The molecule has 0 saturated heterocycles. The number of rotatable bonds is 1. The maximum atomic E-state index is 11.1. The summed E-state index contributed by atoms with van der Waals surface area (Å²) in [6, 6.07) is 5.07. The number of nitrogens with one attached hydrogen (secondary N) is 1. The van der Waals surface area contributed by atoms with Gasteiger partial charge in [0.15, 0.2) is 0 Å². The van der Waals surface area contributed by atoms with Gasteiger partial charge in [-0.1, -0.05) is 6.07 Å². The maximum absolute atomic E-state index is 11.1. The largest absolute Gasteiger partial charge is 0.348 e. The maximum Gasteiger partial charge on any atom is 0.251 e. The first kappa shape index (κ1) is 7.03. The van der Waals surface area contributed by atoms with Gasteiger partial charge in [0.1, 0.15) is 6.29 Å². The molecule has 0 aromatic heterocycles. The van der Waals surface area contributed by atoms with Crippen LogP contribution in [0, 0.1) is 0 Å². The highest BCUT2D eigenvalue weighted by Gasteiger charge is 2.17. The van der Waals surface area contributed by atoms with Gasteiger partial charge in [-0.25, -0.2) is 0 Å². The van der Waals surface area contributed by atoms with Crippen LogP contribution in [-0.2, 0) is 6.54 Å². The second-order valence-corrected chi connectivity index (χ2v) is 2.72. The molecule has 1 aromatic rings. The summed E-state index contributed by atoms with van der Waals surface area (Å²) in [5, 5.41) is 2.68. The molecule has 1 amide bonds. The van der Waals surface area contributed by atoms with Crippen molar-refractivity contribution in [1.29, 1.82) is 0 Å². The van der Waals surface area contributed by atoms with Crippen LogP contribution in [0.3, 0.4) is 0 Å². The summed E-state index contributed by atoms with van der Waals surface area (Å²) in [5.74, 6) is -0.0533. The third kappa shape index (κ3) is 0.906. The second kappa shape index (κ2) is 2.44. The third-order valence-electron chi connectivity index (χ3n) is 1.95. The summed E-state index contributed by atoms with van der Waals surface area (Å²) in [6.07, 6.45) is 0.781. The van der Waals surface area contributed by atoms with Crippen LogP contribution in [0.15, 0.2) is 18.2 Å². The van der Waals surface area contributed by atoms with Crippen LogP contribution in [0.4, 0.5) is 0 Å². The predicted octanol–water partition coefficient (Wildman–Crippen LogP) is 0.742. The number of aldehydes is 1. The van der Waals surface area contributed by atoms with Crippen molar-refractivity contribution in [1.82, 2.24) is 5.32 Å². The second-order valence-electron chi connectivity index (χ2n) is 2.72. The van der Waals surface area contributed by atoms with E-state index in [9.17, 15) is 9.59 Å². The molecule has 0 bridgehead atoms. The first-order valence-electron chi connectivity index (χ1n) is 3.67. The lowest BCUT2D eigenvalue weighted by Gasteiger charge is -1.94. The molecule has 1 aliphatic rings. The fraction of sp³-hybridized carbons (Fsp3) is 0.111. The van der Waals surface area contributed by atoms with E-state index < -0.39 is 0 Å². The molecule has 12 heavy (non-hydrogen) atoms. The highest BCUT2D eigenvalue weighted by Crippen LogP contribution is 2.15. The van der Waals surface area contributed by atoms with Gasteiger partial charge in [-0.05, 0) is 17.7 Å². The summed E-state index contributed by atoms with van der Waals surface area (Å²) >= 11 is 0. The molecule has 60 valence electrons. The van der Waals surface area contributed by atoms with Gasteiger partial charge in [0, 0.05) is 17.7 Å². The molecule has 0 radical (unpaired) electrons. The Morgan fingerprint density at radius 3 is 3.00 bits per heavy atom. The van der Waals surface area contributed by atoms with E-state index in [-0.39, 0.29) is 5.91 Å². The summed E-state index contributed by atoms with van der Waals surface area (Å²) in [6.45, 7) is 0.538. The van der Waals surface area contributed by atoms with Crippen molar-refractivity contribution in [2.45, 2.75) is 6.54 Å². The van der Waals surface area contributed by atoms with E-state index in [1.807, 2.05) is 0 Å². The van der Waals surface area contributed by atoms with Crippen molar-refractivity contribution in [3.63, 3.8) is 0 Å². The molecule has 3 nitrogen and oxygen atoms in total. The predicted molar refractivity (Wildman–Crippen MR) is 43.0 cm³/mol. The van der Waals surface area contributed by atoms with Gasteiger partial charge < -0.3 is 5.32 Å². The Morgan fingerprint density at radius 1 is 1.42 bits per heavy atom. The van der Waals surface area contributed by atoms with Gasteiger partial charge >= 0.3 is 0 Å². The zero-order valence-electron chi connectivity index (χ0n) is 6.33. The molecular weight excluding hydrogens is 154 g/mol. The molecule has 0 spiro atoms. The van der Waals surface area contributed by atoms with E-state index >= 15 is 0 Å². The van der Waals surface area contributed by atoms with Gasteiger partial charge in [-0.15, -0.1) is 0 Å². The van der Waals surface area contributed by atoms with Gasteiger partial charge in [-0.3, -0.25) is 9.59 Å². The molecular formula is C9H7NO2. The summed E-state index contributed by atoms with van der Waals surface area (Å²) in [5.41, 5.74) is 2.20. The lowest BCUT2D eigenvalue weighted by Crippen LogP contribution is -2.12. The molecule has 1 aromatic carbocycles. The Hall–Kier alpha value is -1.64. The number of benzene rings is 1. The molecule has 0 unspecified atom stereocenters. The van der Waals surface area contributed by atoms with Gasteiger partial charge in [0.25, 0.3) is 5.91 Å². The monoisotopic (exact) mass is 161 g/mol. The van der Waals surface area contributed by atoms with E-state index in [4.69, 9.17) is 0 Å². The molecule has 1 aliphatic heterocycles. The average molecular weight is 161 g/mol. The van der Waals surface area contributed by atoms with E-state index in [2.05, 4.69) is 5.32 Å². The number of carbonyl (C=O) groups excluding carboxylic acids is 2. The molecule has 0 aliphatic carbocycles. The van der Waals surface area contributed by atoms with Crippen LogP contribution in [0.2, 0.25) is 0 Å². The smallest absolute Gasteiger partial charge is 0.251 e. The van der Waals surface area contributed by atoms with Gasteiger partial charge in [0.05, 0.1) is 0 Å². The van der Waals surface area contributed by atoms with Crippen molar-refractivity contribution in [2.24, 2.45) is 0 Å². The number of amides is 1. The van der Waals surface area contributed by atoms with Gasteiger partial charge in [0.2, 0.25) is 0 Å². The minimum atomic E-state index is -0.0533. The minimum absolute atomic E-state index is 0.0533. The van der Waals surface area contributed by atoms with Crippen LogP contribution in [-0.4, -0.2) is 12.2 Å². The lowest BCUT2D eigenvalue weighted by atomic mass is 10.1. The highest BCUT2D eigenvalue weighted by atomic mass is 16.1. The SMILES string of the molecule is O=Cc1ccc2c(c1)CNC2=O. The fourth-order valence-electron chi connectivity index (χ4n) is 1.33. The Balaban J connectivity index is 2.55. The highest BCUT2D eigenvalue weighted by molar-refractivity contribution is 5.99. The zero-order chi connectivity index (χ0) is 8.55. The molecule has 2 rings (SSSR count). The Kier molecular flexibility index (Phi) is 1.43. The molecule has 0 fully saturated rings. The first-order valence-corrected chi connectivity index (χ1v) is 3.67. The van der Waals surface area contributed by atoms with Crippen LogP contribution >= 0.6 is 0 Å². The van der Waals surface area contributed by atoms with Crippen LogP contribution in [0.1, 0.15) is 26.3 Å². The van der Waals surface area contributed by atoms with E-state index in [1.165, 1.54) is 0 Å². The summed E-state index contributed by atoms with van der Waals surface area (Å²) in [7, 11) is 0. The molecule has 0 atom stereocenters. The molecule has 1 N–H and O–H groups in total.